The number of ether oxygens (including phenoxy) is 1. The zero-order chi connectivity index (χ0) is 15.4. The molecule has 0 bridgehead atoms. The topological polar surface area (TPSA) is 90.9 Å². The molecule has 0 aliphatic carbocycles. The van der Waals surface area contributed by atoms with Crippen LogP contribution in [0.1, 0.15) is 44.5 Å². The second-order valence-electron chi connectivity index (χ2n) is 5.20. The molecule has 0 aliphatic rings. The molecule has 0 aromatic carbocycles. The number of nitrogens with two attached hydrogens (primary N) is 1. The van der Waals surface area contributed by atoms with E-state index in [0.717, 1.165) is 18.5 Å². The largest absolute Gasteiger partial charge is 0.435 e. The van der Waals surface area contributed by atoms with Gasteiger partial charge in [0.2, 0.25) is 5.88 Å². The van der Waals surface area contributed by atoms with Crippen LogP contribution in [0.3, 0.4) is 0 Å². The standard InChI is InChI=1S/C14H22N6O/c1-5-6-20-8-11(7-16-20)21-14-10(4)13(19-15)17-12(18-14)9(2)3/h7-9H,5-6,15H2,1-4H3,(H,17,18,19). The predicted molar refractivity (Wildman–Crippen MR) is 81.3 cm³/mol. The SMILES string of the molecule is CCCn1cc(Oc2nc(C(C)C)nc(NN)c2C)cn1. The number of hydrogen-bond donors (Lipinski definition) is 2. The first-order chi connectivity index (χ1) is 10.0. The van der Waals surface area contributed by atoms with E-state index in [1.54, 1.807) is 6.20 Å². The van der Waals surface area contributed by atoms with Gasteiger partial charge in [-0.25, -0.2) is 10.8 Å². The van der Waals surface area contributed by atoms with Crippen LogP contribution in [0, 0.1) is 6.92 Å². The molecule has 0 aliphatic heterocycles. The quantitative estimate of drug-likeness (QED) is 0.627. The number of anilines is 1. The molecule has 0 radical (unpaired) electrons. The van der Waals surface area contributed by atoms with E-state index < -0.39 is 0 Å². The lowest BCUT2D eigenvalue weighted by Crippen LogP contribution is -2.13. The molecule has 7 nitrogen and oxygen atoms in total. The minimum atomic E-state index is 0.183. The summed E-state index contributed by atoms with van der Waals surface area (Å²) in [6, 6.07) is 0. The maximum absolute atomic E-state index is 5.84. The summed E-state index contributed by atoms with van der Waals surface area (Å²) in [5, 5.41) is 4.24. The van der Waals surface area contributed by atoms with Crippen molar-refractivity contribution in [3.05, 3.63) is 23.8 Å². The van der Waals surface area contributed by atoms with Crippen LogP contribution in [-0.2, 0) is 6.54 Å². The molecule has 2 rings (SSSR count). The van der Waals surface area contributed by atoms with E-state index in [4.69, 9.17) is 10.6 Å². The van der Waals surface area contributed by atoms with E-state index in [-0.39, 0.29) is 5.92 Å². The van der Waals surface area contributed by atoms with Crippen molar-refractivity contribution in [2.24, 2.45) is 5.84 Å². The van der Waals surface area contributed by atoms with Crippen LogP contribution in [0.25, 0.3) is 0 Å². The van der Waals surface area contributed by atoms with Crippen molar-refractivity contribution in [3.8, 4) is 11.6 Å². The van der Waals surface area contributed by atoms with Gasteiger partial charge < -0.3 is 10.2 Å². The van der Waals surface area contributed by atoms with Crippen LogP contribution in [0.4, 0.5) is 5.82 Å². The molecule has 114 valence electrons. The molecule has 0 saturated heterocycles. The lowest BCUT2D eigenvalue weighted by Gasteiger charge is -2.13. The van der Waals surface area contributed by atoms with Crippen LogP contribution in [0.15, 0.2) is 12.4 Å². The molecule has 2 aromatic rings. The molecule has 0 amide bonds. The lowest BCUT2D eigenvalue weighted by atomic mass is 10.2. The van der Waals surface area contributed by atoms with E-state index in [0.29, 0.717) is 23.3 Å². The van der Waals surface area contributed by atoms with E-state index in [1.165, 1.54) is 0 Å². The fraction of sp³-hybridized carbons (Fsp3) is 0.500. The van der Waals surface area contributed by atoms with E-state index in [1.807, 2.05) is 31.6 Å². The zero-order valence-electron chi connectivity index (χ0n) is 12.9. The fourth-order valence-electron chi connectivity index (χ4n) is 1.87. The van der Waals surface area contributed by atoms with E-state index in [9.17, 15) is 0 Å². The van der Waals surface area contributed by atoms with Gasteiger partial charge in [-0.15, -0.1) is 0 Å². The summed E-state index contributed by atoms with van der Waals surface area (Å²) in [7, 11) is 0. The average molecular weight is 290 g/mol. The van der Waals surface area contributed by atoms with Gasteiger partial charge in [-0.2, -0.15) is 10.1 Å². The second-order valence-corrected chi connectivity index (χ2v) is 5.20. The summed E-state index contributed by atoms with van der Waals surface area (Å²) < 4.78 is 7.68. The lowest BCUT2D eigenvalue weighted by molar-refractivity contribution is 0.451. The van der Waals surface area contributed by atoms with Gasteiger partial charge in [-0.3, -0.25) is 4.68 Å². The van der Waals surface area contributed by atoms with Gasteiger partial charge in [0.1, 0.15) is 5.82 Å². The van der Waals surface area contributed by atoms with Crippen LogP contribution in [0.5, 0.6) is 11.6 Å². The summed E-state index contributed by atoms with van der Waals surface area (Å²) >= 11 is 0. The second kappa shape index (κ2) is 6.53. The smallest absolute Gasteiger partial charge is 0.227 e. The third-order valence-corrected chi connectivity index (χ3v) is 3.05. The molecule has 0 spiro atoms. The highest BCUT2D eigenvalue weighted by Crippen LogP contribution is 2.28. The molecular weight excluding hydrogens is 268 g/mol. The Bertz CT molecular complexity index is 608. The number of hydrogen-bond acceptors (Lipinski definition) is 6. The first kappa shape index (κ1) is 15.2. The Morgan fingerprint density at radius 2 is 2.14 bits per heavy atom. The number of aromatic nitrogens is 4. The first-order valence-electron chi connectivity index (χ1n) is 7.10. The average Bonchev–Trinajstić information content (AvgIpc) is 2.88. The van der Waals surface area contributed by atoms with Crippen molar-refractivity contribution in [1.29, 1.82) is 0 Å². The number of nitrogens with zero attached hydrogens (tertiary/aromatic N) is 4. The Kier molecular flexibility index (Phi) is 4.74. The van der Waals surface area contributed by atoms with Crippen molar-refractivity contribution >= 4 is 5.82 Å². The number of rotatable bonds is 6. The molecule has 0 atom stereocenters. The number of aryl methyl sites for hydroxylation is 1. The molecule has 2 aromatic heterocycles. The Hall–Kier alpha value is -2.15. The maximum atomic E-state index is 5.84. The zero-order valence-corrected chi connectivity index (χ0v) is 12.9. The third-order valence-electron chi connectivity index (χ3n) is 3.05. The Morgan fingerprint density at radius 3 is 2.76 bits per heavy atom. The highest BCUT2D eigenvalue weighted by atomic mass is 16.5. The predicted octanol–water partition coefficient (Wildman–Crippen LogP) is 2.59. The number of nitrogen functional groups attached to an aromatic ring is 1. The third kappa shape index (κ3) is 3.49. The summed E-state index contributed by atoms with van der Waals surface area (Å²) in [5.74, 6) is 8.11. The minimum Gasteiger partial charge on any atom is -0.435 e. The normalized spacial score (nSPS) is 11.0. The first-order valence-corrected chi connectivity index (χ1v) is 7.10. The van der Waals surface area contributed by atoms with E-state index >= 15 is 0 Å². The van der Waals surface area contributed by atoms with Crippen LogP contribution < -0.4 is 16.0 Å². The highest BCUT2D eigenvalue weighted by molar-refractivity contribution is 5.48. The van der Waals surface area contributed by atoms with Crippen molar-refractivity contribution in [2.75, 3.05) is 5.43 Å². The summed E-state index contributed by atoms with van der Waals surface area (Å²) in [6.45, 7) is 8.87. The van der Waals surface area contributed by atoms with Gasteiger partial charge in [0.25, 0.3) is 0 Å². The monoisotopic (exact) mass is 290 g/mol. The summed E-state index contributed by atoms with van der Waals surface area (Å²) in [6.07, 6.45) is 4.56. The number of nitrogens with one attached hydrogen (secondary N) is 1. The molecule has 3 N–H and O–H groups in total. The molecule has 7 heteroatoms. The molecule has 0 saturated carbocycles. The van der Waals surface area contributed by atoms with Crippen molar-refractivity contribution < 1.29 is 4.74 Å². The fourth-order valence-corrected chi connectivity index (χ4v) is 1.87. The van der Waals surface area contributed by atoms with Gasteiger partial charge in [-0.1, -0.05) is 20.8 Å². The molecule has 21 heavy (non-hydrogen) atoms. The van der Waals surface area contributed by atoms with Gasteiger partial charge in [0, 0.05) is 12.5 Å². The highest BCUT2D eigenvalue weighted by Gasteiger charge is 2.15. The van der Waals surface area contributed by atoms with Gasteiger partial charge in [0.15, 0.2) is 11.6 Å². The van der Waals surface area contributed by atoms with Crippen LogP contribution in [-0.4, -0.2) is 19.7 Å². The van der Waals surface area contributed by atoms with Gasteiger partial charge in [-0.05, 0) is 13.3 Å². The summed E-state index contributed by atoms with van der Waals surface area (Å²) in [4.78, 5) is 8.84. The maximum Gasteiger partial charge on any atom is 0.227 e. The minimum absolute atomic E-state index is 0.183. The van der Waals surface area contributed by atoms with Gasteiger partial charge >= 0.3 is 0 Å². The van der Waals surface area contributed by atoms with Crippen LogP contribution in [0.2, 0.25) is 0 Å². The van der Waals surface area contributed by atoms with Crippen LogP contribution >= 0.6 is 0 Å². The summed E-state index contributed by atoms with van der Waals surface area (Å²) in [5.41, 5.74) is 3.36. The van der Waals surface area contributed by atoms with E-state index in [2.05, 4.69) is 27.4 Å². The van der Waals surface area contributed by atoms with Gasteiger partial charge in [0.05, 0.1) is 18.0 Å². The number of hydrazine groups is 1. The van der Waals surface area contributed by atoms with Crippen molar-refractivity contribution in [2.45, 2.75) is 46.6 Å². The Labute approximate surface area is 124 Å². The molecular formula is C14H22N6O. The Morgan fingerprint density at radius 1 is 1.38 bits per heavy atom. The molecule has 2 heterocycles. The molecule has 0 unspecified atom stereocenters. The van der Waals surface area contributed by atoms with Crippen molar-refractivity contribution in [3.63, 3.8) is 0 Å². The molecule has 0 fully saturated rings. The Balaban J connectivity index is 2.31. The van der Waals surface area contributed by atoms with Crippen molar-refractivity contribution in [1.82, 2.24) is 19.7 Å².